The summed E-state index contributed by atoms with van der Waals surface area (Å²) in [6.07, 6.45) is 4.09. The van der Waals surface area contributed by atoms with Gasteiger partial charge in [-0.2, -0.15) is 0 Å². The molecule has 0 spiro atoms. The summed E-state index contributed by atoms with van der Waals surface area (Å²) < 4.78 is 0. The van der Waals surface area contributed by atoms with Crippen LogP contribution in [0.1, 0.15) is 47.2 Å². The van der Waals surface area contributed by atoms with Crippen LogP contribution in [0.15, 0.2) is 54.6 Å². The van der Waals surface area contributed by atoms with Gasteiger partial charge in [0.1, 0.15) is 0 Å². The molecule has 0 bridgehead atoms. The zero-order valence-corrected chi connectivity index (χ0v) is 13.5. The highest BCUT2D eigenvalue weighted by Gasteiger charge is 2.36. The van der Waals surface area contributed by atoms with Crippen molar-refractivity contribution in [3.8, 4) is 0 Å². The lowest BCUT2D eigenvalue weighted by molar-refractivity contribution is -0.122. The molecule has 2 aromatic rings. The van der Waals surface area contributed by atoms with Crippen LogP contribution in [0.4, 0.5) is 0 Å². The second kappa shape index (κ2) is 6.87. The number of carbonyl (C=O) groups excluding carboxylic acids is 1. The van der Waals surface area contributed by atoms with E-state index in [1.54, 1.807) is 18.2 Å². The third-order valence-corrected chi connectivity index (χ3v) is 4.76. The van der Waals surface area contributed by atoms with Gasteiger partial charge in [0, 0.05) is 0 Å². The third kappa shape index (κ3) is 3.32. The van der Waals surface area contributed by atoms with Crippen molar-refractivity contribution < 1.29 is 14.7 Å². The Morgan fingerprint density at radius 2 is 1.58 bits per heavy atom. The number of nitrogens with one attached hydrogen (secondary N) is 1. The number of benzene rings is 2. The molecular weight excluding hydrogens is 302 g/mol. The standard InChI is InChI=1S/C20H21NO3/c22-18(14-15-8-4-5-11-17(15)19(23)24)21-20(12-6-7-13-20)16-9-2-1-3-10-16/h1-5,8-11H,6-7,12-14H2,(H,21,22)(H,23,24). The van der Waals surface area contributed by atoms with E-state index in [4.69, 9.17) is 0 Å². The number of carbonyl (C=O) groups is 2. The topological polar surface area (TPSA) is 66.4 Å². The van der Waals surface area contributed by atoms with E-state index >= 15 is 0 Å². The Balaban J connectivity index is 1.80. The van der Waals surface area contributed by atoms with E-state index in [9.17, 15) is 14.7 Å². The van der Waals surface area contributed by atoms with Gasteiger partial charge in [0.15, 0.2) is 0 Å². The predicted molar refractivity (Wildman–Crippen MR) is 91.8 cm³/mol. The summed E-state index contributed by atoms with van der Waals surface area (Å²) in [4.78, 5) is 23.9. The molecule has 1 aliphatic rings. The zero-order chi connectivity index (χ0) is 17.0. The van der Waals surface area contributed by atoms with Gasteiger partial charge in [-0.3, -0.25) is 4.79 Å². The van der Waals surface area contributed by atoms with Gasteiger partial charge >= 0.3 is 5.97 Å². The van der Waals surface area contributed by atoms with Crippen molar-refractivity contribution in [1.29, 1.82) is 0 Å². The van der Waals surface area contributed by atoms with Gasteiger partial charge in [0.25, 0.3) is 0 Å². The summed E-state index contributed by atoms with van der Waals surface area (Å²) >= 11 is 0. The van der Waals surface area contributed by atoms with Gasteiger partial charge in [-0.15, -0.1) is 0 Å². The molecule has 0 aliphatic heterocycles. The van der Waals surface area contributed by atoms with Crippen LogP contribution in [-0.4, -0.2) is 17.0 Å². The van der Waals surface area contributed by atoms with Crippen LogP contribution in [0.2, 0.25) is 0 Å². The summed E-state index contributed by atoms with van der Waals surface area (Å²) in [6, 6.07) is 16.7. The number of amides is 1. The van der Waals surface area contributed by atoms with Crippen LogP contribution in [0.5, 0.6) is 0 Å². The van der Waals surface area contributed by atoms with Crippen molar-refractivity contribution in [2.45, 2.75) is 37.6 Å². The Morgan fingerprint density at radius 1 is 0.958 bits per heavy atom. The van der Waals surface area contributed by atoms with Crippen LogP contribution >= 0.6 is 0 Å². The number of carboxylic acids is 1. The molecule has 0 atom stereocenters. The van der Waals surface area contributed by atoms with E-state index in [0.717, 1.165) is 31.2 Å². The molecule has 4 nitrogen and oxygen atoms in total. The normalized spacial score (nSPS) is 15.8. The molecule has 0 unspecified atom stereocenters. The summed E-state index contributed by atoms with van der Waals surface area (Å²) in [5, 5.41) is 12.5. The molecule has 0 aromatic heterocycles. The fourth-order valence-electron chi connectivity index (χ4n) is 3.59. The molecule has 2 N–H and O–H groups in total. The highest BCUT2D eigenvalue weighted by molar-refractivity contribution is 5.91. The monoisotopic (exact) mass is 323 g/mol. The van der Waals surface area contributed by atoms with Crippen molar-refractivity contribution in [1.82, 2.24) is 5.32 Å². The maximum atomic E-state index is 12.6. The summed E-state index contributed by atoms with van der Waals surface area (Å²) in [5.41, 5.74) is 1.54. The fourth-order valence-corrected chi connectivity index (χ4v) is 3.59. The average Bonchev–Trinajstić information content (AvgIpc) is 3.05. The van der Waals surface area contributed by atoms with Crippen LogP contribution in [0, 0.1) is 0 Å². The summed E-state index contributed by atoms with van der Waals surface area (Å²) in [5.74, 6) is -1.13. The maximum Gasteiger partial charge on any atom is 0.335 e. The van der Waals surface area contributed by atoms with Gasteiger partial charge in [0.2, 0.25) is 5.91 Å². The highest BCUT2D eigenvalue weighted by Crippen LogP contribution is 2.38. The van der Waals surface area contributed by atoms with E-state index < -0.39 is 5.97 Å². The van der Waals surface area contributed by atoms with Crippen LogP contribution in [-0.2, 0) is 16.8 Å². The molecule has 0 saturated heterocycles. The molecule has 1 aliphatic carbocycles. The first-order chi connectivity index (χ1) is 11.6. The number of carboxylic acid groups (broad SMARTS) is 1. The van der Waals surface area contributed by atoms with Gasteiger partial charge in [-0.25, -0.2) is 4.79 Å². The van der Waals surface area contributed by atoms with Crippen LogP contribution in [0.3, 0.4) is 0 Å². The van der Waals surface area contributed by atoms with Gasteiger partial charge in [0.05, 0.1) is 17.5 Å². The molecule has 1 saturated carbocycles. The van der Waals surface area contributed by atoms with E-state index in [2.05, 4.69) is 17.4 Å². The minimum atomic E-state index is -1.00. The molecular formula is C20H21NO3. The molecule has 3 rings (SSSR count). The smallest absolute Gasteiger partial charge is 0.335 e. The second-order valence-corrected chi connectivity index (χ2v) is 6.34. The lowest BCUT2D eigenvalue weighted by Gasteiger charge is -2.31. The van der Waals surface area contributed by atoms with Crippen molar-refractivity contribution >= 4 is 11.9 Å². The minimum absolute atomic E-state index is 0.0804. The molecule has 24 heavy (non-hydrogen) atoms. The predicted octanol–water partition coefficient (Wildman–Crippen LogP) is 3.51. The Kier molecular flexibility index (Phi) is 4.65. The Bertz CT molecular complexity index is 734. The number of aromatic carboxylic acids is 1. The van der Waals surface area contributed by atoms with Crippen molar-refractivity contribution in [3.05, 3.63) is 71.3 Å². The van der Waals surface area contributed by atoms with E-state index in [-0.39, 0.29) is 23.4 Å². The molecule has 1 fully saturated rings. The highest BCUT2D eigenvalue weighted by atomic mass is 16.4. The van der Waals surface area contributed by atoms with E-state index in [0.29, 0.717) is 5.56 Å². The second-order valence-electron chi connectivity index (χ2n) is 6.34. The Morgan fingerprint density at radius 3 is 2.25 bits per heavy atom. The van der Waals surface area contributed by atoms with E-state index in [1.807, 2.05) is 18.2 Å². The molecule has 2 aromatic carbocycles. The van der Waals surface area contributed by atoms with Crippen LogP contribution < -0.4 is 5.32 Å². The molecule has 0 radical (unpaired) electrons. The molecule has 0 heterocycles. The minimum Gasteiger partial charge on any atom is -0.478 e. The van der Waals surface area contributed by atoms with Crippen molar-refractivity contribution in [2.24, 2.45) is 0 Å². The lowest BCUT2D eigenvalue weighted by Crippen LogP contribution is -2.44. The lowest BCUT2D eigenvalue weighted by atomic mass is 9.87. The molecule has 1 amide bonds. The Hall–Kier alpha value is -2.62. The first-order valence-corrected chi connectivity index (χ1v) is 8.28. The number of hydrogen-bond acceptors (Lipinski definition) is 2. The largest absolute Gasteiger partial charge is 0.478 e. The van der Waals surface area contributed by atoms with E-state index in [1.165, 1.54) is 6.07 Å². The quantitative estimate of drug-likeness (QED) is 0.885. The summed E-state index contributed by atoms with van der Waals surface area (Å²) in [7, 11) is 0. The third-order valence-electron chi connectivity index (χ3n) is 4.76. The Labute approximate surface area is 141 Å². The molecule has 124 valence electrons. The first kappa shape index (κ1) is 16.2. The number of rotatable bonds is 5. The summed E-state index contributed by atoms with van der Waals surface area (Å²) in [6.45, 7) is 0. The van der Waals surface area contributed by atoms with Gasteiger partial charge in [-0.1, -0.05) is 61.4 Å². The SMILES string of the molecule is O=C(Cc1ccccc1C(=O)O)NC1(c2ccccc2)CCCC1. The maximum absolute atomic E-state index is 12.6. The zero-order valence-electron chi connectivity index (χ0n) is 13.5. The van der Waals surface area contributed by atoms with Crippen molar-refractivity contribution in [2.75, 3.05) is 0 Å². The first-order valence-electron chi connectivity index (χ1n) is 8.28. The molecule has 4 heteroatoms. The average molecular weight is 323 g/mol. The van der Waals surface area contributed by atoms with Gasteiger partial charge in [-0.05, 0) is 30.0 Å². The fraction of sp³-hybridized carbons (Fsp3) is 0.300. The van der Waals surface area contributed by atoms with Crippen molar-refractivity contribution in [3.63, 3.8) is 0 Å². The number of hydrogen-bond donors (Lipinski definition) is 2. The van der Waals surface area contributed by atoms with Crippen LogP contribution in [0.25, 0.3) is 0 Å². The van der Waals surface area contributed by atoms with Gasteiger partial charge < -0.3 is 10.4 Å².